The highest BCUT2D eigenvalue weighted by molar-refractivity contribution is 7.13. The van der Waals surface area contributed by atoms with E-state index >= 15 is 0 Å². The molecule has 1 aromatic carbocycles. The van der Waals surface area contributed by atoms with Crippen molar-refractivity contribution in [3.63, 3.8) is 0 Å². The smallest absolute Gasteiger partial charge is 0.235 e. The molecule has 0 fully saturated rings. The molecule has 0 amide bonds. The molecule has 3 aromatic rings. The van der Waals surface area contributed by atoms with Gasteiger partial charge in [0.2, 0.25) is 11.2 Å². The van der Waals surface area contributed by atoms with Gasteiger partial charge in [-0.2, -0.15) is 0 Å². The summed E-state index contributed by atoms with van der Waals surface area (Å²) >= 11 is 7.27. The molecule has 96 valence electrons. The van der Waals surface area contributed by atoms with Crippen LogP contribution >= 0.6 is 22.9 Å². The van der Waals surface area contributed by atoms with Gasteiger partial charge in [0.25, 0.3) is 0 Å². The van der Waals surface area contributed by atoms with Gasteiger partial charge >= 0.3 is 0 Å². The van der Waals surface area contributed by atoms with Crippen LogP contribution in [0, 0.1) is 6.92 Å². The highest BCUT2D eigenvalue weighted by atomic mass is 35.5. The van der Waals surface area contributed by atoms with E-state index in [0.717, 1.165) is 10.4 Å². The molecule has 0 aliphatic rings. The summed E-state index contributed by atoms with van der Waals surface area (Å²) in [7, 11) is 0. The van der Waals surface area contributed by atoms with Crippen LogP contribution in [0.5, 0.6) is 5.75 Å². The first-order valence-electron chi connectivity index (χ1n) is 5.57. The van der Waals surface area contributed by atoms with Crippen molar-refractivity contribution in [2.75, 3.05) is 0 Å². The SMILES string of the molecule is Cc1ccsc1-c1oc2ccc(Cl)cc2c(=O)c1O. The molecule has 3 rings (SSSR count). The molecule has 0 saturated carbocycles. The van der Waals surface area contributed by atoms with Crippen LogP contribution in [0.2, 0.25) is 5.02 Å². The zero-order valence-corrected chi connectivity index (χ0v) is 11.5. The average molecular weight is 293 g/mol. The summed E-state index contributed by atoms with van der Waals surface area (Å²) in [4.78, 5) is 12.9. The van der Waals surface area contributed by atoms with Crippen molar-refractivity contribution in [1.82, 2.24) is 0 Å². The van der Waals surface area contributed by atoms with E-state index in [0.29, 0.717) is 10.6 Å². The number of rotatable bonds is 1. The first kappa shape index (κ1) is 12.3. The van der Waals surface area contributed by atoms with Gasteiger partial charge < -0.3 is 9.52 Å². The van der Waals surface area contributed by atoms with Crippen LogP contribution in [0.1, 0.15) is 5.56 Å². The maximum atomic E-state index is 12.1. The molecule has 0 aliphatic heterocycles. The van der Waals surface area contributed by atoms with Gasteiger partial charge in [0, 0.05) is 5.02 Å². The molecule has 3 nitrogen and oxygen atoms in total. The van der Waals surface area contributed by atoms with Crippen molar-refractivity contribution >= 4 is 33.9 Å². The Kier molecular flexibility index (Phi) is 2.84. The number of halogens is 1. The number of fused-ring (bicyclic) bond motifs is 1. The fraction of sp³-hybridized carbons (Fsp3) is 0.0714. The minimum Gasteiger partial charge on any atom is -0.501 e. The Balaban J connectivity index is 2.40. The molecule has 0 radical (unpaired) electrons. The Bertz CT molecular complexity index is 832. The molecule has 1 N–H and O–H groups in total. The van der Waals surface area contributed by atoms with Crippen molar-refractivity contribution in [3.05, 3.63) is 50.5 Å². The second-order valence-corrected chi connectivity index (χ2v) is 5.53. The van der Waals surface area contributed by atoms with Crippen molar-refractivity contribution in [1.29, 1.82) is 0 Å². The summed E-state index contributed by atoms with van der Waals surface area (Å²) < 4.78 is 5.66. The fourth-order valence-corrected chi connectivity index (χ4v) is 3.00. The molecule has 5 heteroatoms. The molecular formula is C14H9ClO3S. The number of aromatic hydroxyl groups is 1. The summed E-state index contributed by atoms with van der Waals surface area (Å²) in [5.41, 5.74) is 0.901. The van der Waals surface area contributed by atoms with E-state index < -0.39 is 5.43 Å². The lowest BCUT2D eigenvalue weighted by molar-refractivity contribution is 0.449. The van der Waals surface area contributed by atoms with Gasteiger partial charge in [0.05, 0.1) is 10.3 Å². The number of aryl methyl sites for hydroxylation is 1. The maximum absolute atomic E-state index is 12.1. The highest BCUT2D eigenvalue weighted by Crippen LogP contribution is 2.35. The third-order valence-corrected chi connectivity index (χ3v) is 4.15. The van der Waals surface area contributed by atoms with Gasteiger partial charge in [0.1, 0.15) is 5.58 Å². The summed E-state index contributed by atoms with van der Waals surface area (Å²) in [5.74, 6) is -0.160. The number of benzene rings is 1. The number of hydrogen-bond donors (Lipinski definition) is 1. The lowest BCUT2D eigenvalue weighted by Gasteiger charge is -2.05. The van der Waals surface area contributed by atoms with Crippen LogP contribution in [0.25, 0.3) is 21.6 Å². The highest BCUT2D eigenvalue weighted by Gasteiger charge is 2.17. The van der Waals surface area contributed by atoms with Crippen molar-refractivity contribution in [3.8, 4) is 16.4 Å². The Morgan fingerprint density at radius 1 is 1.32 bits per heavy atom. The van der Waals surface area contributed by atoms with Crippen LogP contribution in [0.3, 0.4) is 0 Å². The van der Waals surface area contributed by atoms with Crippen LogP contribution in [0.15, 0.2) is 38.9 Å². The van der Waals surface area contributed by atoms with Crippen molar-refractivity contribution in [2.24, 2.45) is 0 Å². The Morgan fingerprint density at radius 2 is 2.11 bits per heavy atom. The molecular weight excluding hydrogens is 284 g/mol. The molecule has 2 aromatic heterocycles. The van der Waals surface area contributed by atoms with Gasteiger partial charge in [-0.1, -0.05) is 11.6 Å². The summed E-state index contributed by atoms with van der Waals surface area (Å²) in [5, 5.41) is 12.6. The van der Waals surface area contributed by atoms with Gasteiger partial charge in [-0.3, -0.25) is 4.79 Å². The standard InChI is InChI=1S/C14H9ClO3S/c1-7-4-5-19-14(7)13-12(17)11(16)9-6-8(15)2-3-10(9)18-13/h2-6,17H,1H3. The number of thiophene rings is 1. The fourth-order valence-electron chi connectivity index (χ4n) is 1.92. The predicted molar refractivity (Wildman–Crippen MR) is 77.2 cm³/mol. The largest absolute Gasteiger partial charge is 0.501 e. The molecule has 2 heterocycles. The minimum atomic E-state index is -0.466. The second-order valence-electron chi connectivity index (χ2n) is 4.18. The summed E-state index contributed by atoms with van der Waals surface area (Å²) in [6.45, 7) is 1.90. The molecule has 0 aliphatic carbocycles. The van der Waals surface area contributed by atoms with E-state index in [1.807, 2.05) is 18.4 Å². The van der Waals surface area contributed by atoms with Gasteiger partial charge in [-0.25, -0.2) is 0 Å². The second kappa shape index (κ2) is 4.40. The van der Waals surface area contributed by atoms with E-state index in [1.54, 1.807) is 12.1 Å². The van der Waals surface area contributed by atoms with E-state index in [9.17, 15) is 9.90 Å². The summed E-state index contributed by atoms with van der Waals surface area (Å²) in [6, 6.07) is 6.68. The van der Waals surface area contributed by atoms with Gasteiger partial charge in [-0.15, -0.1) is 11.3 Å². The lowest BCUT2D eigenvalue weighted by atomic mass is 10.1. The first-order chi connectivity index (χ1) is 9.08. The quantitative estimate of drug-likeness (QED) is 0.731. The zero-order valence-electron chi connectivity index (χ0n) is 9.94. The molecule has 0 atom stereocenters. The third-order valence-electron chi connectivity index (χ3n) is 2.90. The van der Waals surface area contributed by atoms with E-state index in [1.165, 1.54) is 17.4 Å². The average Bonchev–Trinajstić information content (AvgIpc) is 2.81. The topological polar surface area (TPSA) is 50.4 Å². The van der Waals surface area contributed by atoms with Crippen molar-refractivity contribution in [2.45, 2.75) is 6.92 Å². The Hall–Kier alpha value is -1.78. The lowest BCUT2D eigenvalue weighted by Crippen LogP contribution is -2.02. The minimum absolute atomic E-state index is 0.215. The molecule has 0 unspecified atom stereocenters. The molecule has 0 spiro atoms. The third kappa shape index (κ3) is 1.93. The Labute approximate surface area is 117 Å². The monoisotopic (exact) mass is 292 g/mol. The van der Waals surface area contributed by atoms with Crippen LogP contribution in [-0.4, -0.2) is 5.11 Å². The van der Waals surface area contributed by atoms with E-state index in [4.69, 9.17) is 16.0 Å². The normalized spacial score (nSPS) is 11.1. The Morgan fingerprint density at radius 3 is 2.79 bits per heavy atom. The molecule has 0 saturated heterocycles. The van der Waals surface area contributed by atoms with Gasteiger partial charge in [0.15, 0.2) is 5.76 Å². The first-order valence-corrected chi connectivity index (χ1v) is 6.83. The van der Waals surface area contributed by atoms with Crippen LogP contribution in [-0.2, 0) is 0 Å². The van der Waals surface area contributed by atoms with E-state index in [2.05, 4.69) is 0 Å². The maximum Gasteiger partial charge on any atom is 0.235 e. The molecule has 0 bridgehead atoms. The van der Waals surface area contributed by atoms with E-state index in [-0.39, 0.29) is 16.9 Å². The van der Waals surface area contributed by atoms with Crippen LogP contribution in [0.4, 0.5) is 0 Å². The summed E-state index contributed by atoms with van der Waals surface area (Å²) in [6.07, 6.45) is 0. The van der Waals surface area contributed by atoms with Gasteiger partial charge in [-0.05, 0) is 42.1 Å². The molecule has 19 heavy (non-hydrogen) atoms. The van der Waals surface area contributed by atoms with Crippen LogP contribution < -0.4 is 5.43 Å². The zero-order chi connectivity index (χ0) is 13.6. The number of hydrogen-bond acceptors (Lipinski definition) is 4. The van der Waals surface area contributed by atoms with Crippen molar-refractivity contribution < 1.29 is 9.52 Å². The predicted octanol–water partition coefficient (Wildman–Crippen LogP) is 4.19.